The number of ether oxygens (including phenoxy) is 1. The molecule has 0 radical (unpaired) electrons. The molecule has 4 aromatic rings. The van der Waals surface area contributed by atoms with Gasteiger partial charge in [-0.05, 0) is 49.4 Å². The topological polar surface area (TPSA) is 89.0 Å². The van der Waals surface area contributed by atoms with Gasteiger partial charge in [-0.25, -0.2) is 4.98 Å². The van der Waals surface area contributed by atoms with E-state index in [0.29, 0.717) is 5.75 Å². The van der Waals surface area contributed by atoms with Gasteiger partial charge in [0.05, 0.1) is 22.7 Å². The quantitative estimate of drug-likeness (QED) is 0.344. The highest BCUT2D eigenvalue weighted by Gasteiger charge is 2.30. The minimum Gasteiger partial charge on any atom is -0.483 e. The summed E-state index contributed by atoms with van der Waals surface area (Å²) in [5.41, 5.74) is 2.35. The molecule has 0 bridgehead atoms. The Hall–Kier alpha value is -3.46. The fraction of sp³-hybridized carbons (Fsp3) is 0.222. The van der Waals surface area contributed by atoms with Gasteiger partial charge in [0, 0.05) is 36.8 Å². The molecule has 0 fully saturated rings. The van der Waals surface area contributed by atoms with Crippen LogP contribution in [-0.2, 0) is 14.3 Å². The molecular weight excluding hydrogens is 464 g/mol. The molecule has 1 aromatic heterocycles. The van der Waals surface area contributed by atoms with Crippen LogP contribution >= 0.6 is 0 Å². The number of rotatable bonds is 9. The van der Waals surface area contributed by atoms with Gasteiger partial charge in [-0.3, -0.25) is 4.18 Å². The molecule has 0 saturated carbocycles. The highest BCUT2D eigenvalue weighted by atomic mass is 32.2. The maximum atomic E-state index is 12.5. The van der Waals surface area contributed by atoms with E-state index in [1.165, 1.54) is 12.1 Å². The lowest BCUT2D eigenvalue weighted by Crippen LogP contribution is -2.42. The SMILES string of the molecule is CN(C)c1ccc(-c2ccc3ccc(OC(C)(CO)COS(=O)(=O)c4ccccc4)cc3n2)cc1. The van der Waals surface area contributed by atoms with Crippen LogP contribution < -0.4 is 9.64 Å². The van der Waals surface area contributed by atoms with Crippen LogP contribution in [0.1, 0.15) is 6.92 Å². The lowest BCUT2D eigenvalue weighted by Gasteiger charge is -2.28. The van der Waals surface area contributed by atoms with Crippen LogP contribution in [0.4, 0.5) is 5.69 Å². The van der Waals surface area contributed by atoms with Crippen molar-refractivity contribution in [3.8, 4) is 17.0 Å². The second-order valence-corrected chi connectivity index (χ2v) is 10.3. The Morgan fingerprint density at radius 3 is 2.29 bits per heavy atom. The Morgan fingerprint density at radius 1 is 0.943 bits per heavy atom. The predicted octanol–water partition coefficient (Wildman–Crippen LogP) is 4.50. The highest BCUT2D eigenvalue weighted by molar-refractivity contribution is 7.86. The number of anilines is 1. The second-order valence-electron chi connectivity index (χ2n) is 8.73. The van der Waals surface area contributed by atoms with Crippen molar-refractivity contribution in [2.75, 3.05) is 32.2 Å². The summed E-state index contributed by atoms with van der Waals surface area (Å²) < 4.78 is 36.2. The van der Waals surface area contributed by atoms with Gasteiger partial charge in [-0.2, -0.15) is 8.42 Å². The molecule has 1 atom stereocenters. The zero-order valence-corrected chi connectivity index (χ0v) is 20.7. The first-order valence-corrected chi connectivity index (χ1v) is 12.5. The molecule has 182 valence electrons. The van der Waals surface area contributed by atoms with Crippen LogP contribution in [-0.4, -0.2) is 51.4 Å². The van der Waals surface area contributed by atoms with Crippen molar-refractivity contribution in [2.24, 2.45) is 0 Å². The van der Waals surface area contributed by atoms with Crippen LogP contribution in [0.2, 0.25) is 0 Å². The van der Waals surface area contributed by atoms with Crippen molar-refractivity contribution in [1.82, 2.24) is 4.98 Å². The van der Waals surface area contributed by atoms with Crippen LogP contribution in [0.5, 0.6) is 5.75 Å². The summed E-state index contributed by atoms with van der Waals surface area (Å²) in [6, 6.07) is 25.3. The first kappa shape index (κ1) is 24.7. The summed E-state index contributed by atoms with van der Waals surface area (Å²) in [5.74, 6) is 0.447. The molecule has 0 aliphatic heterocycles. The minimum atomic E-state index is -3.98. The largest absolute Gasteiger partial charge is 0.483 e. The molecule has 1 N–H and O–H groups in total. The molecule has 0 aliphatic carbocycles. The molecule has 7 nitrogen and oxygen atoms in total. The van der Waals surface area contributed by atoms with Crippen molar-refractivity contribution in [3.63, 3.8) is 0 Å². The van der Waals surface area contributed by atoms with Crippen LogP contribution in [0.15, 0.2) is 89.8 Å². The highest BCUT2D eigenvalue weighted by Crippen LogP contribution is 2.28. The van der Waals surface area contributed by atoms with Crippen molar-refractivity contribution < 1.29 is 22.4 Å². The van der Waals surface area contributed by atoms with E-state index in [0.717, 1.165) is 27.8 Å². The van der Waals surface area contributed by atoms with E-state index >= 15 is 0 Å². The Bertz CT molecular complexity index is 1410. The first-order chi connectivity index (χ1) is 16.7. The number of hydrogen-bond acceptors (Lipinski definition) is 7. The van der Waals surface area contributed by atoms with Crippen LogP contribution in [0, 0.1) is 0 Å². The standard InChI is InChI=1S/C27H28N2O5S/c1-27(18-30,19-33-35(31,32)24-7-5-4-6-8-24)34-23-15-11-21-12-16-25(28-26(21)17-23)20-9-13-22(14-10-20)29(2)3/h4-17,30H,18-19H2,1-3H3. The monoisotopic (exact) mass is 492 g/mol. The molecule has 0 aliphatic rings. The van der Waals surface area contributed by atoms with E-state index < -0.39 is 22.3 Å². The third-order valence-corrected chi connectivity index (χ3v) is 6.87. The molecule has 8 heteroatoms. The lowest BCUT2D eigenvalue weighted by molar-refractivity contribution is -0.00982. The summed E-state index contributed by atoms with van der Waals surface area (Å²) >= 11 is 0. The van der Waals surface area contributed by atoms with Crippen molar-refractivity contribution >= 4 is 26.7 Å². The molecule has 0 amide bonds. The van der Waals surface area contributed by atoms with E-state index in [9.17, 15) is 13.5 Å². The molecule has 3 aromatic carbocycles. The van der Waals surface area contributed by atoms with Crippen LogP contribution in [0.25, 0.3) is 22.2 Å². The summed E-state index contributed by atoms with van der Waals surface area (Å²) in [4.78, 5) is 6.86. The Balaban J connectivity index is 1.54. The van der Waals surface area contributed by atoms with Gasteiger partial charge in [0.25, 0.3) is 10.1 Å². The van der Waals surface area contributed by atoms with E-state index in [4.69, 9.17) is 13.9 Å². The predicted molar refractivity (Wildman–Crippen MR) is 137 cm³/mol. The summed E-state index contributed by atoms with van der Waals surface area (Å²) in [6.07, 6.45) is 0. The van der Waals surface area contributed by atoms with Crippen molar-refractivity contribution in [3.05, 3.63) is 84.9 Å². The van der Waals surface area contributed by atoms with E-state index in [1.807, 2.05) is 61.5 Å². The minimum absolute atomic E-state index is 0.0429. The number of hydrogen-bond donors (Lipinski definition) is 1. The molecule has 4 rings (SSSR count). The van der Waals surface area contributed by atoms with Crippen molar-refractivity contribution in [2.45, 2.75) is 17.4 Å². The Morgan fingerprint density at radius 2 is 1.63 bits per heavy atom. The fourth-order valence-corrected chi connectivity index (χ4v) is 4.53. The van der Waals surface area contributed by atoms with Gasteiger partial charge >= 0.3 is 0 Å². The average molecular weight is 493 g/mol. The number of nitrogens with zero attached hydrogens (tertiary/aromatic N) is 2. The molecule has 0 spiro atoms. The number of aliphatic hydroxyl groups is 1. The first-order valence-electron chi connectivity index (χ1n) is 11.1. The van der Waals surface area contributed by atoms with E-state index in [-0.39, 0.29) is 11.5 Å². The van der Waals surface area contributed by atoms with Gasteiger partial charge < -0.3 is 14.7 Å². The average Bonchev–Trinajstić information content (AvgIpc) is 2.88. The van der Waals surface area contributed by atoms with Gasteiger partial charge in [-0.15, -0.1) is 0 Å². The summed E-state index contributed by atoms with van der Waals surface area (Å²) in [6.45, 7) is 0.791. The second kappa shape index (κ2) is 10.0. The number of aliphatic hydroxyl groups excluding tert-OH is 1. The molecule has 0 saturated heterocycles. The van der Waals surface area contributed by atoms with E-state index in [1.54, 1.807) is 37.3 Å². The van der Waals surface area contributed by atoms with Gasteiger partial charge in [0.1, 0.15) is 12.4 Å². The third-order valence-electron chi connectivity index (χ3n) is 5.59. The maximum Gasteiger partial charge on any atom is 0.297 e. The van der Waals surface area contributed by atoms with Crippen LogP contribution in [0.3, 0.4) is 0 Å². The molecular formula is C27H28N2O5S. The maximum absolute atomic E-state index is 12.5. The van der Waals surface area contributed by atoms with Crippen molar-refractivity contribution in [1.29, 1.82) is 0 Å². The Labute approximate surface area is 205 Å². The molecule has 1 heterocycles. The number of fused-ring (bicyclic) bond motifs is 1. The molecule has 35 heavy (non-hydrogen) atoms. The zero-order chi connectivity index (χ0) is 25.1. The van der Waals surface area contributed by atoms with E-state index in [2.05, 4.69) is 0 Å². The lowest BCUT2D eigenvalue weighted by atomic mass is 10.1. The zero-order valence-electron chi connectivity index (χ0n) is 19.9. The van der Waals surface area contributed by atoms with Gasteiger partial charge in [0.2, 0.25) is 0 Å². The fourth-order valence-electron chi connectivity index (χ4n) is 3.50. The Kier molecular flexibility index (Phi) is 7.07. The summed E-state index contributed by atoms with van der Waals surface area (Å²) in [5, 5.41) is 10.9. The number of aromatic nitrogens is 1. The smallest absolute Gasteiger partial charge is 0.297 e. The summed E-state index contributed by atoms with van der Waals surface area (Å²) in [7, 11) is 0.00447. The van der Waals surface area contributed by atoms with Gasteiger partial charge in [-0.1, -0.05) is 36.4 Å². The number of benzene rings is 3. The third kappa shape index (κ3) is 5.79. The number of pyridine rings is 1. The van der Waals surface area contributed by atoms with Gasteiger partial charge in [0.15, 0.2) is 5.60 Å². The molecule has 1 unspecified atom stereocenters. The normalized spacial score (nSPS) is 13.4.